The molecule has 0 spiro atoms. The number of carbonyl (C=O) groups is 1. The Balaban J connectivity index is 2.21. The summed E-state index contributed by atoms with van der Waals surface area (Å²) in [4.78, 5) is 22.1. The van der Waals surface area contributed by atoms with Crippen molar-refractivity contribution in [3.63, 3.8) is 0 Å². The first-order chi connectivity index (χ1) is 13.6. The molecule has 29 heavy (non-hydrogen) atoms. The van der Waals surface area contributed by atoms with Crippen LogP contribution < -0.4 is 10.1 Å². The van der Waals surface area contributed by atoms with E-state index in [-0.39, 0.29) is 11.4 Å². The van der Waals surface area contributed by atoms with E-state index in [9.17, 15) is 41.3 Å². The molecule has 0 saturated heterocycles. The number of hydrogen-bond acceptors (Lipinski definition) is 5. The van der Waals surface area contributed by atoms with Crippen LogP contribution in [0.1, 0.15) is 24.2 Å². The molecule has 0 bridgehead atoms. The maximum Gasteiger partial charge on any atom is 0.282 e. The standard InChI is InChI=1S/C15H12F6N4O4/c16-12(17)6-29-9-2-7(1-8(3-9)25(27)28)22-13(26)5-24-11(15(20)21)4-10(23-24)14(18)19/h1-4,12,14-15H,5-6H2,(H,22,26). The number of rotatable bonds is 9. The highest BCUT2D eigenvalue weighted by molar-refractivity contribution is 5.91. The van der Waals surface area contributed by atoms with E-state index in [4.69, 9.17) is 0 Å². The SMILES string of the molecule is O=C(Cn1nc(C(F)F)cc1C(F)F)Nc1cc(OCC(F)F)cc([N+](=O)[O-])c1. The quantitative estimate of drug-likeness (QED) is 0.372. The van der Waals surface area contributed by atoms with Crippen molar-refractivity contribution in [2.75, 3.05) is 11.9 Å². The lowest BCUT2D eigenvalue weighted by Gasteiger charge is -2.10. The van der Waals surface area contributed by atoms with Gasteiger partial charge >= 0.3 is 0 Å². The van der Waals surface area contributed by atoms with Crippen molar-refractivity contribution in [1.29, 1.82) is 0 Å². The lowest BCUT2D eigenvalue weighted by atomic mass is 10.2. The summed E-state index contributed by atoms with van der Waals surface area (Å²) in [5.41, 5.74) is -2.73. The molecule has 0 saturated carbocycles. The molecule has 1 amide bonds. The van der Waals surface area contributed by atoms with E-state index < -0.39 is 60.3 Å². The Labute approximate surface area is 158 Å². The number of nitro benzene ring substituents is 1. The highest BCUT2D eigenvalue weighted by Crippen LogP contribution is 2.27. The first-order valence-electron chi connectivity index (χ1n) is 7.71. The van der Waals surface area contributed by atoms with E-state index in [0.717, 1.165) is 18.2 Å². The second-order valence-corrected chi connectivity index (χ2v) is 5.48. The molecule has 0 fully saturated rings. The van der Waals surface area contributed by atoms with Crippen molar-refractivity contribution in [1.82, 2.24) is 9.78 Å². The molecular formula is C15H12F6N4O4. The third kappa shape index (κ3) is 6.08. The topological polar surface area (TPSA) is 99.3 Å². The molecule has 1 aromatic carbocycles. The van der Waals surface area contributed by atoms with E-state index >= 15 is 0 Å². The van der Waals surface area contributed by atoms with Gasteiger partial charge in [0.15, 0.2) is 0 Å². The van der Waals surface area contributed by atoms with Gasteiger partial charge in [-0.05, 0) is 6.07 Å². The number of benzene rings is 1. The van der Waals surface area contributed by atoms with Gasteiger partial charge in [-0.25, -0.2) is 26.3 Å². The Hall–Kier alpha value is -3.32. The average Bonchev–Trinajstić information content (AvgIpc) is 3.04. The lowest BCUT2D eigenvalue weighted by Crippen LogP contribution is -2.21. The van der Waals surface area contributed by atoms with Crippen LogP contribution in [0.3, 0.4) is 0 Å². The fourth-order valence-electron chi connectivity index (χ4n) is 2.20. The van der Waals surface area contributed by atoms with E-state index in [1.165, 1.54) is 0 Å². The molecule has 0 atom stereocenters. The molecule has 1 N–H and O–H groups in total. The number of anilines is 1. The molecular weight excluding hydrogens is 414 g/mol. The number of amides is 1. The molecule has 1 aromatic heterocycles. The van der Waals surface area contributed by atoms with E-state index in [1.54, 1.807) is 0 Å². The molecule has 0 aliphatic rings. The molecule has 158 valence electrons. The predicted molar refractivity (Wildman–Crippen MR) is 85.4 cm³/mol. The number of alkyl halides is 6. The Morgan fingerprint density at radius 3 is 2.38 bits per heavy atom. The molecule has 14 heteroatoms. The summed E-state index contributed by atoms with van der Waals surface area (Å²) in [5.74, 6) is -1.38. The number of hydrogen-bond donors (Lipinski definition) is 1. The Morgan fingerprint density at radius 2 is 1.83 bits per heavy atom. The van der Waals surface area contributed by atoms with Crippen molar-refractivity contribution >= 4 is 17.3 Å². The molecule has 2 rings (SSSR count). The summed E-state index contributed by atoms with van der Waals surface area (Å²) in [7, 11) is 0. The van der Waals surface area contributed by atoms with Gasteiger partial charge in [-0.1, -0.05) is 0 Å². The second kappa shape index (κ2) is 9.25. The van der Waals surface area contributed by atoms with Crippen molar-refractivity contribution in [3.8, 4) is 5.75 Å². The fraction of sp³-hybridized carbons (Fsp3) is 0.333. The van der Waals surface area contributed by atoms with Crippen LogP contribution in [0.2, 0.25) is 0 Å². The van der Waals surface area contributed by atoms with Crippen LogP contribution in [0, 0.1) is 10.1 Å². The smallest absolute Gasteiger partial charge is 0.282 e. The van der Waals surface area contributed by atoms with Crippen molar-refractivity contribution < 1.29 is 40.8 Å². The summed E-state index contributed by atoms with van der Waals surface area (Å²) in [6.07, 6.45) is -9.18. The predicted octanol–water partition coefficient (Wildman–Crippen LogP) is 3.95. The Bertz CT molecular complexity index is 890. The first-order valence-corrected chi connectivity index (χ1v) is 7.71. The number of nitrogens with one attached hydrogen (secondary N) is 1. The van der Waals surface area contributed by atoms with Gasteiger partial charge in [-0.15, -0.1) is 0 Å². The number of ether oxygens (including phenoxy) is 1. The van der Waals surface area contributed by atoms with Gasteiger partial charge < -0.3 is 10.1 Å². The minimum atomic E-state index is -3.19. The summed E-state index contributed by atoms with van der Waals surface area (Å²) in [5, 5.41) is 16.3. The molecule has 1 heterocycles. The normalized spacial score (nSPS) is 11.3. The Morgan fingerprint density at radius 1 is 1.14 bits per heavy atom. The van der Waals surface area contributed by atoms with Crippen LogP contribution in [0.15, 0.2) is 24.3 Å². The number of nitrogens with zero attached hydrogens (tertiary/aromatic N) is 3. The van der Waals surface area contributed by atoms with Crippen LogP contribution in [0.5, 0.6) is 5.75 Å². The van der Waals surface area contributed by atoms with Crippen molar-refractivity contribution in [2.45, 2.75) is 25.8 Å². The molecule has 0 aliphatic carbocycles. The molecule has 8 nitrogen and oxygen atoms in total. The number of non-ortho nitro benzene ring substituents is 1. The van der Waals surface area contributed by atoms with Gasteiger partial charge in [0.1, 0.15) is 30.3 Å². The van der Waals surface area contributed by atoms with E-state index in [0.29, 0.717) is 10.7 Å². The zero-order valence-electron chi connectivity index (χ0n) is 14.2. The van der Waals surface area contributed by atoms with Crippen molar-refractivity contribution in [2.24, 2.45) is 0 Å². The lowest BCUT2D eigenvalue weighted by molar-refractivity contribution is -0.384. The summed E-state index contributed by atoms with van der Waals surface area (Å²) in [6, 6.07) is 3.16. The highest BCUT2D eigenvalue weighted by Gasteiger charge is 2.23. The number of aromatic nitrogens is 2. The fourth-order valence-corrected chi connectivity index (χ4v) is 2.20. The second-order valence-electron chi connectivity index (χ2n) is 5.48. The number of nitro groups is 1. The number of carbonyl (C=O) groups excluding carboxylic acids is 1. The molecule has 0 radical (unpaired) electrons. The third-order valence-corrected chi connectivity index (χ3v) is 3.33. The summed E-state index contributed by atoms with van der Waals surface area (Å²) >= 11 is 0. The zero-order chi connectivity index (χ0) is 21.7. The van der Waals surface area contributed by atoms with Gasteiger partial charge in [-0.2, -0.15) is 5.10 Å². The van der Waals surface area contributed by atoms with Gasteiger partial charge in [0.05, 0.1) is 16.7 Å². The van der Waals surface area contributed by atoms with Gasteiger partial charge in [0.25, 0.3) is 25.0 Å². The molecule has 0 unspecified atom stereocenters. The molecule has 2 aromatic rings. The van der Waals surface area contributed by atoms with E-state index in [2.05, 4.69) is 15.2 Å². The first kappa shape index (κ1) is 22.0. The minimum absolute atomic E-state index is 0.256. The maximum absolute atomic E-state index is 12.9. The summed E-state index contributed by atoms with van der Waals surface area (Å²) < 4.78 is 80.7. The van der Waals surface area contributed by atoms with Crippen LogP contribution in [0.25, 0.3) is 0 Å². The van der Waals surface area contributed by atoms with Gasteiger partial charge in [0.2, 0.25) is 5.91 Å². The monoisotopic (exact) mass is 426 g/mol. The van der Waals surface area contributed by atoms with Crippen LogP contribution in [0.4, 0.5) is 37.7 Å². The zero-order valence-corrected chi connectivity index (χ0v) is 14.2. The van der Waals surface area contributed by atoms with Crippen LogP contribution in [-0.2, 0) is 11.3 Å². The average molecular weight is 426 g/mol. The van der Waals surface area contributed by atoms with Gasteiger partial charge in [-0.3, -0.25) is 19.6 Å². The van der Waals surface area contributed by atoms with Crippen LogP contribution in [-0.4, -0.2) is 33.6 Å². The van der Waals surface area contributed by atoms with Crippen molar-refractivity contribution in [3.05, 3.63) is 45.8 Å². The van der Waals surface area contributed by atoms with Crippen LogP contribution >= 0.6 is 0 Å². The molecule has 0 aliphatic heterocycles. The number of halogens is 6. The largest absolute Gasteiger partial charge is 0.487 e. The highest BCUT2D eigenvalue weighted by atomic mass is 19.3. The van der Waals surface area contributed by atoms with Gasteiger partial charge in [0, 0.05) is 12.1 Å². The minimum Gasteiger partial charge on any atom is -0.487 e. The maximum atomic E-state index is 12.9. The Kier molecular flexibility index (Phi) is 7.01. The summed E-state index contributed by atoms with van der Waals surface area (Å²) in [6.45, 7) is -1.96. The third-order valence-electron chi connectivity index (χ3n) is 3.33. The van der Waals surface area contributed by atoms with E-state index in [1.807, 2.05) is 0 Å².